The highest BCUT2D eigenvalue weighted by Gasteiger charge is 2.56. The van der Waals surface area contributed by atoms with E-state index in [1.807, 2.05) is 18.2 Å². The van der Waals surface area contributed by atoms with Crippen molar-refractivity contribution in [3.8, 4) is 11.8 Å². The first-order valence-corrected chi connectivity index (χ1v) is 14.2. The molecule has 2 aromatic heterocycles. The summed E-state index contributed by atoms with van der Waals surface area (Å²) in [4.78, 5) is 56.5. The quantitative estimate of drug-likeness (QED) is 0.396. The third-order valence-corrected chi connectivity index (χ3v) is 8.30. The fraction of sp³-hybridized carbons (Fsp3) is 0.414. The highest BCUT2D eigenvalue weighted by Crippen LogP contribution is 2.41. The van der Waals surface area contributed by atoms with E-state index in [-0.39, 0.29) is 24.2 Å². The summed E-state index contributed by atoms with van der Waals surface area (Å²) in [6.45, 7) is 1.57. The van der Waals surface area contributed by atoms with Gasteiger partial charge in [0.2, 0.25) is 22.7 Å². The van der Waals surface area contributed by atoms with Gasteiger partial charge < -0.3 is 25.2 Å². The van der Waals surface area contributed by atoms with Crippen LogP contribution in [0.2, 0.25) is 5.28 Å². The lowest BCUT2D eigenvalue weighted by Crippen LogP contribution is -2.56. The summed E-state index contributed by atoms with van der Waals surface area (Å²) in [6.07, 6.45) is 3.92. The van der Waals surface area contributed by atoms with Crippen molar-refractivity contribution in [2.45, 2.75) is 56.3 Å². The van der Waals surface area contributed by atoms with Crippen molar-refractivity contribution in [1.29, 1.82) is 5.26 Å². The third-order valence-electron chi connectivity index (χ3n) is 8.13. The minimum absolute atomic E-state index is 0.00270. The monoisotopic (exact) mass is 588 g/mol. The molecule has 12 nitrogen and oxygen atoms in total. The predicted molar refractivity (Wildman–Crippen MR) is 153 cm³/mol. The zero-order chi connectivity index (χ0) is 29.6. The van der Waals surface area contributed by atoms with Gasteiger partial charge in [0.15, 0.2) is 11.6 Å². The zero-order valence-corrected chi connectivity index (χ0v) is 23.8. The molecule has 6 rings (SSSR count). The second kappa shape index (κ2) is 10.7. The number of para-hydroxylation sites is 1. The van der Waals surface area contributed by atoms with Gasteiger partial charge in [0.1, 0.15) is 23.9 Å². The van der Waals surface area contributed by atoms with Gasteiger partial charge in [-0.3, -0.25) is 14.4 Å². The Morgan fingerprint density at radius 2 is 2.07 bits per heavy atom. The first-order valence-electron chi connectivity index (χ1n) is 13.8. The molecule has 4 heterocycles. The van der Waals surface area contributed by atoms with Gasteiger partial charge in [0, 0.05) is 25.1 Å². The summed E-state index contributed by atoms with van der Waals surface area (Å²) in [7, 11) is 1.59. The van der Waals surface area contributed by atoms with E-state index in [2.05, 4.69) is 31.7 Å². The van der Waals surface area contributed by atoms with E-state index >= 15 is 0 Å². The van der Waals surface area contributed by atoms with E-state index in [0.717, 1.165) is 12.8 Å². The molecule has 42 heavy (non-hydrogen) atoms. The Balaban J connectivity index is 1.23. The number of nitrogens with one attached hydrogen (secondary N) is 2. The number of halogens is 1. The van der Waals surface area contributed by atoms with Gasteiger partial charge in [-0.2, -0.15) is 5.26 Å². The number of hydrogen-bond donors (Lipinski definition) is 2. The average Bonchev–Trinajstić information content (AvgIpc) is 3.73. The number of fused-ring (bicyclic) bond motifs is 2. The number of hydrogen-bond acceptors (Lipinski definition) is 9. The Kier molecular flexibility index (Phi) is 7.06. The molecule has 2 fully saturated rings. The van der Waals surface area contributed by atoms with E-state index < -0.39 is 35.5 Å². The summed E-state index contributed by atoms with van der Waals surface area (Å²) in [5.74, 6) is 0.197. The van der Waals surface area contributed by atoms with Crippen LogP contribution in [0.1, 0.15) is 32.6 Å². The van der Waals surface area contributed by atoms with Crippen LogP contribution in [0.5, 0.6) is 5.75 Å². The number of ether oxygens (including phenoxy) is 1. The topological polar surface area (TPSA) is 153 Å². The first-order chi connectivity index (χ1) is 20.2. The van der Waals surface area contributed by atoms with Gasteiger partial charge >= 0.3 is 0 Å². The maximum absolute atomic E-state index is 14.1. The van der Waals surface area contributed by atoms with Crippen molar-refractivity contribution in [1.82, 2.24) is 24.8 Å². The number of carbonyl (C=O) groups excluding carboxylic acids is 3. The molecule has 2 N–H and O–H groups in total. The van der Waals surface area contributed by atoms with Gasteiger partial charge in [-0.1, -0.05) is 25.0 Å². The summed E-state index contributed by atoms with van der Waals surface area (Å²) >= 11 is 6.13. The number of rotatable bonds is 7. The lowest BCUT2D eigenvalue weighted by atomic mass is 9.97. The largest absolute Gasteiger partial charge is 0.472 e. The first kappa shape index (κ1) is 27.7. The second-order valence-electron chi connectivity index (χ2n) is 11.1. The molecule has 2 aliphatic heterocycles. The average molecular weight is 589 g/mol. The Labute approximate surface area is 247 Å². The zero-order valence-electron chi connectivity index (χ0n) is 23.1. The Morgan fingerprint density at radius 3 is 2.83 bits per heavy atom. The van der Waals surface area contributed by atoms with Gasteiger partial charge in [-0.25, -0.2) is 15.0 Å². The predicted octanol–water partition coefficient (Wildman–Crippen LogP) is 3.00. The minimum Gasteiger partial charge on any atom is -0.472 e. The molecule has 0 unspecified atom stereocenters. The molecule has 1 spiro atoms. The number of likely N-dealkylation sites (N-methyl/N-ethyl adjacent to an activating group) is 1. The van der Waals surface area contributed by atoms with Crippen LogP contribution in [0, 0.1) is 17.2 Å². The maximum atomic E-state index is 14.1. The lowest BCUT2D eigenvalue weighted by Gasteiger charge is -2.35. The second-order valence-corrected chi connectivity index (χ2v) is 11.4. The summed E-state index contributed by atoms with van der Waals surface area (Å²) in [5.41, 5.74) is -0.797. The number of nitrogens with zero attached hydrogens (tertiary/aromatic N) is 6. The van der Waals surface area contributed by atoms with Crippen molar-refractivity contribution in [3.05, 3.63) is 47.9 Å². The molecular weight excluding hydrogens is 560 g/mol. The molecule has 1 saturated carbocycles. The van der Waals surface area contributed by atoms with Crippen LogP contribution in [0.25, 0.3) is 10.9 Å². The SMILES string of the molecule is C[C@H](Nc1nc(Cl)nc2ccccc12)C(=O)N(C)[C@@H](CC1CC1)C(=O)N1C[C@@]2(C[C@H]1C#N)Oc1cccnc1NC2=O. The number of pyridine rings is 1. The molecule has 3 aliphatic rings. The smallest absolute Gasteiger partial charge is 0.271 e. The molecule has 0 bridgehead atoms. The molecule has 1 aliphatic carbocycles. The van der Waals surface area contributed by atoms with Gasteiger partial charge in [-0.15, -0.1) is 0 Å². The maximum Gasteiger partial charge on any atom is 0.271 e. The molecule has 1 aromatic carbocycles. The third kappa shape index (κ3) is 5.05. The standard InChI is InChI=1S/C29H29ClN8O4/c1-16(33-23-19-6-3-4-7-20(19)34-28(30)36-23)25(39)37(2)21(12-17-9-10-17)26(40)38-15-29(13-18(38)14-31)27(41)35-24-22(42-29)8-5-11-32-24/h3-8,11,16-18,21H,9-10,12-13,15H2,1-2H3,(H,32,35,41)(H,33,34,36)/t16-,18-,21-,29+/m0/s1. The molecule has 3 aromatic rings. The Hall–Kier alpha value is -4.50. The number of carbonyl (C=O) groups is 3. The summed E-state index contributed by atoms with van der Waals surface area (Å²) < 4.78 is 6.10. The lowest BCUT2D eigenvalue weighted by molar-refractivity contribution is -0.146. The molecule has 4 atom stereocenters. The number of benzene rings is 1. The normalized spacial score (nSPS) is 22.5. The van der Waals surface area contributed by atoms with Gasteiger partial charge in [0.25, 0.3) is 5.91 Å². The molecule has 13 heteroatoms. The number of amides is 3. The number of anilines is 2. The van der Waals surface area contributed by atoms with Crippen LogP contribution in [0.15, 0.2) is 42.6 Å². The summed E-state index contributed by atoms with van der Waals surface area (Å²) in [5, 5.41) is 16.6. The van der Waals surface area contributed by atoms with E-state index in [9.17, 15) is 19.6 Å². The van der Waals surface area contributed by atoms with Crippen molar-refractivity contribution in [2.24, 2.45) is 5.92 Å². The molecule has 216 valence electrons. The highest BCUT2D eigenvalue weighted by atomic mass is 35.5. The molecular formula is C29H29ClN8O4. The van der Waals surface area contributed by atoms with E-state index in [0.29, 0.717) is 40.6 Å². The highest BCUT2D eigenvalue weighted by molar-refractivity contribution is 6.28. The van der Waals surface area contributed by atoms with E-state index in [1.54, 1.807) is 32.2 Å². The molecule has 0 radical (unpaired) electrons. The molecule has 3 amide bonds. The minimum atomic E-state index is -1.43. The number of nitriles is 1. The van der Waals surface area contributed by atoms with Gasteiger partial charge in [0.05, 0.1) is 18.1 Å². The Morgan fingerprint density at radius 1 is 1.29 bits per heavy atom. The van der Waals surface area contributed by atoms with Crippen molar-refractivity contribution >= 4 is 51.9 Å². The fourth-order valence-electron chi connectivity index (χ4n) is 5.67. The van der Waals surface area contributed by atoms with E-state index in [4.69, 9.17) is 16.3 Å². The van der Waals surface area contributed by atoms with Crippen molar-refractivity contribution < 1.29 is 19.1 Å². The Bertz CT molecular complexity index is 1620. The van der Waals surface area contributed by atoms with Crippen molar-refractivity contribution in [2.75, 3.05) is 24.2 Å². The van der Waals surface area contributed by atoms with Crippen LogP contribution >= 0.6 is 11.6 Å². The molecule has 1 saturated heterocycles. The van der Waals surface area contributed by atoms with Crippen LogP contribution < -0.4 is 15.4 Å². The van der Waals surface area contributed by atoms with Gasteiger partial charge in [-0.05, 0) is 55.1 Å². The number of likely N-dealkylation sites (tertiary alicyclic amines) is 1. The van der Waals surface area contributed by atoms with Crippen LogP contribution in [0.4, 0.5) is 11.6 Å². The van der Waals surface area contributed by atoms with E-state index in [1.165, 1.54) is 16.0 Å². The summed E-state index contributed by atoms with van der Waals surface area (Å²) in [6, 6.07) is 10.3. The fourth-order valence-corrected chi connectivity index (χ4v) is 5.85. The number of aromatic nitrogens is 3. The van der Waals surface area contributed by atoms with Crippen LogP contribution in [-0.2, 0) is 14.4 Å². The van der Waals surface area contributed by atoms with Crippen LogP contribution in [-0.4, -0.2) is 79.8 Å². The van der Waals surface area contributed by atoms with Crippen LogP contribution in [0.3, 0.4) is 0 Å². The van der Waals surface area contributed by atoms with Crippen molar-refractivity contribution in [3.63, 3.8) is 0 Å².